The van der Waals surface area contributed by atoms with E-state index < -0.39 is 11.8 Å². The lowest BCUT2D eigenvalue weighted by atomic mass is 10.1. The minimum Gasteiger partial charge on any atom is -0.308 e. The summed E-state index contributed by atoms with van der Waals surface area (Å²) in [5.41, 5.74) is 4.34. The molecule has 2 heterocycles. The first-order valence-electron chi connectivity index (χ1n) is 9.32. The molecular weight excluding hydrogens is 399 g/mol. The number of thiazole rings is 1. The smallest absolute Gasteiger partial charge is 0.308 e. The van der Waals surface area contributed by atoms with E-state index in [1.54, 1.807) is 36.7 Å². The maximum Gasteiger partial charge on any atom is 0.323 e. The Bertz CT molecular complexity index is 1190. The first-order chi connectivity index (χ1) is 14.5. The van der Waals surface area contributed by atoms with Crippen LogP contribution >= 0.6 is 11.3 Å². The van der Waals surface area contributed by atoms with Crippen LogP contribution in [0.25, 0.3) is 21.7 Å². The molecule has 4 aromatic rings. The van der Waals surface area contributed by atoms with Crippen molar-refractivity contribution in [3.63, 3.8) is 0 Å². The maximum atomic E-state index is 14.4. The van der Waals surface area contributed by atoms with Crippen molar-refractivity contribution in [3.8, 4) is 21.7 Å². The summed E-state index contributed by atoms with van der Waals surface area (Å²) in [4.78, 5) is 21.9. The lowest BCUT2D eigenvalue weighted by Crippen LogP contribution is -2.20. The van der Waals surface area contributed by atoms with E-state index in [2.05, 4.69) is 20.6 Å². The van der Waals surface area contributed by atoms with Crippen molar-refractivity contribution >= 4 is 28.7 Å². The number of nitrogens with zero attached hydrogens (tertiary/aromatic N) is 2. The van der Waals surface area contributed by atoms with E-state index in [1.807, 2.05) is 38.1 Å². The summed E-state index contributed by atoms with van der Waals surface area (Å²) in [6.07, 6.45) is 3.42. The zero-order valence-corrected chi connectivity index (χ0v) is 17.3. The fourth-order valence-corrected chi connectivity index (χ4v) is 3.95. The van der Waals surface area contributed by atoms with Crippen LogP contribution in [0.4, 0.5) is 20.6 Å². The van der Waals surface area contributed by atoms with Crippen molar-refractivity contribution in [3.05, 3.63) is 83.4 Å². The second-order valence-electron chi connectivity index (χ2n) is 6.79. The van der Waals surface area contributed by atoms with Gasteiger partial charge in [-0.1, -0.05) is 23.8 Å². The SMILES string of the molecule is Cc1ccc(NC(=O)Nc2cc(-c3sc(C)nc3-c3ccncc3)ccc2F)cc1. The summed E-state index contributed by atoms with van der Waals surface area (Å²) in [5, 5.41) is 6.21. The summed E-state index contributed by atoms with van der Waals surface area (Å²) in [6.45, 7) is 3.89. The summed E-state index contributed by atoms with van der Waals surface area (Å²) in [5.74, 6) is -0.510. The Hall–Kier alpha value is -3.58. The molecule has 0 atom stereocenters. The number of urea groups is 1. The van der Waals surface area contributed by atoms with E-state index in [0.29, 0.717) is 5.69 Å². The minimum atomic E-state index is -0.510. The number of anilines is 2. The standard InChI is InChI=1S/C23H19FN4OS/c1-14-3-6-18(7-4-14)27-23(29)28-20-13-17(5-8-19(20)24)22-21(26-15(2)30-22)16-9-11-25-12-10-16/h3-13H,1-2H3,(H2,27,28,29). The number of hydrogen-bond acceptors (Lipinski definition) is 4. The zero-order valence-electron chi connectivity index (χ0n) is 16.4. The average Bonchev–Trinajstić information content (AvgIpc) is 3.14. The number of carbonyl (C=O) groups is 1. The Balaban J connectivity index is 1.61. The molecule has 30 heavy (non-hydrogen) atoms. The van der Waals surface area contributed by atoms with E-state index >= 15 is 0 Å². The molecule has 0 saturated heterocycles. The largest absolute Gasteiger partial charge is 0.323 e. The molecule has 2 N–H and O–H groups in total. The van der Waals surface area contributed by atoms with Gasteiger partial charge in [-0.3, -0.25) is 4.98 Å². The van der Waals surface area contributed by atoms with Crippen LogP contribution in [0.15, 0.2) is 67.0 Å². The van der Waals surface area contributed by atoms with Gasteiger partial charge >= 0.3 is 6.03 Å². The van der Waals surface area contributed by atoms with Crippen LogP contribution in [0.1, 0.15) is 10.6 Å². The van der Waals surface area contributed by atoms with E-state index in [9.17, 15) is 9.18 Å². The summed E-state index contributed by atoms with van der Waals surface area (Å²) < 4.78 is 14.4. The Labute approximate surface area is 177 Å². The van der Waals surface area contributed by atoms with E-state index in [4.69, 9.17) is 0 Å². The fraction of sp³-hybridized carbons (Fsp3) is 0.0870. The van der Waals surface area contributed by atoms with Crippen molar-refractivity contribution in [2.45, 2.75) is 13.8 Å². The lowest BCUT2D eigenvalue weighted by Gasteiger charge is -2.10. The first-order valence-corrected chi connectivity index (χ1v) is 10.1. The average molecular weight is 418 g/mol. The predicted octanol–water partition coefficient (Wildman–Crippen LogP) is 6.27. The van der Waals surface area contributed by atoms with Gasteiger partial charge in [-0.25, -0.2) is 14.2 Å². The number of rotatable bonds is 4. The molecule has 2 aromatic heterocycles. The van der Waals surface area contributed by atoms with Crippen molar-refractivity contribution in [2.75, 3.05) is 10.6 Å². The number of hydrogen-bond donors (Lipinski definition) is 2. The first kappa shape index (κ1) is 19.7. The second-order valence-corrected chi connectivity index (χ2v) is 7.99. The molecular formula is C23H19FN4OS. The minimum absolute atomic E-state index is 0.101. The molecule has 150 valence electrons. The molecule has 0 saturated carbocycles. The second kappa shape index (κ2) is 8.42. The highest BCUT2D eigenvalue weighted by Gasteiger charge is 2.16. The quantitative estimate of drug-likeness (QED) is 0.410. The molecule has 0 aliphatic carbocycles. The Morgan fingerprint density at radius 1 is 0.933 bits per heavy atom. The third-order valence-corrected chi connectivity index (χ3v) is 5.49. The molecule has 0 aliphatic rings. The van der Waals surface area contributed by atoms with Crippen LogP contribution in [0.5, 0.6) is 0 Å². The van der Waals surface area contributed by atoms with E-state index in [0.717, 1.165) is 32.3 Å². The number of pyridine rings is 1. The van der Waals surface area contributed by atoms with Gasteiger partial charge in [0.05, 0.1) is 21.3 Å². The van der Waals surface area contributed by atoms with Gasteiger partial charge in [0, 0.05) is 23.6 Å². The van der Waals surface area contributed by atoms with Gasteiger partial charge in [-0.15, -0.1) is 11.3 Å². The summed E-state index contributed by atoms with van der Waals surface area (Å²) in [7, 11) is 0. The number of amides is 2. The monoisotopic (exact) mass is 418 g/mol. The van der Waals surface area contributed by atoms with Crippen molar-refractivity contribution in [2.24, 2.45) is 0 Å². The molecule has 0 fully saturated rings. The van der Waals surface area contributed by atoms with Crippen LogP contribution in [-0.2, 0) is 0 Å². The van der Waals surface area contributed by atoms with Gasteiger partial charge in [0.2, 0.25) is 0 Å². The molecule has 0 radical (unpaired) electrons. The molecule has 0 spiro atoms. The molecule has 0 aliphatic heterocycles. The third-order valence-electron chi connectivity index (χ3n) is 4.47. The summed E-state index contributed by atoms with van der Waals surface area (Å²) >= 11 is 1.52. The fourth-order valence-electron chi connectivity index (χ4n) is 3.01. The number of carbonyl (C=O) groups excluding carboxylic acids is 1. The molecule has 4 rings (SSSR count). The molecule has 2 amide bonds. The van der Waals surface area contributed by atoms with Crippen LogP contribution < -0.4 is 10.6 Å². The Kier molecular flexibility index (Phi) is 5.54. The van der Waals surface area contributed by atoms with Gasteiger partial charge in [-0.2, -0.15) is 0 Å². The third kappa shape index (κ3) is 4.36. The number of aryl methyl sites for hydroxylation is 2. The number of nitrogens with one attached hydrogen (secondary N) is 2. The van der Waals surface area contributed by atoms with Gasteiger partial charge in [0.1, 0.15) is 5.82 Å². The topological polar surface area (TPSA) is 66.9 Å². The molecule has 7 heteroatoms. The highest BCUT2D eigenvalue weighted by atomic mass is 32.1. The molecule has 0 bridgehead atoms. The van der Waals surface area contributed by atoms with Crippen LogP contribution in [0.3, 0.4) is 0 Å². The van der Waals surface area contributed by atoms with Crippen molar-refractivity contribution in [1.29, 1.82) is 0 Å². The number of halogens is 1. The number of benzene rings is 2. The van der Waals surface area contributed by atoms with Gasteiger partial charge in [0.25, 0.3) is 0 Å². The van der Waals surface area contributed by atoms with Gasteiger partial charge in [-0.05, 0) is 55.8 Å². The van der Waals surface area contributed by atoms with E-state index in [1.165, 1.54) is 17.4 Å². The Morgan fingerprint density at radius 3 is 2.40 bits per heavy atom. The molecule has 5 nitrogen and oxygen atoms in total. The maximum absolute atomic E-state index is 14.4. The van der Waals surface area contributed by atoms with Crippen LogP contribution in [0.2, 0.25) is 0 Å². The van der Waals surface area contributed by atoms with E-state index in [-0.39, 0.29) is 5.69 Å². The highest BCUT2D eigenvalue weighted by molar-refractivity contribution is 7.15. The number of aromatic nitrogens is 2. The predicted molar refractivity (Wildman–Crippen MR) is 119 cm³/mol. The van der Waals surface area contributed by atoms with Crippen molar-refractivity contribution < 1.29 is 9.18 Å². The molecule has 0 unspecified atom stereocenters. The van der Waals surface area contributed by atoms with Gasteiger partial charge < -0.3 is 10.6 Å². The zero-order chi connectivity index (χ0) is 21.1. The van der Waals surface area contributed by atoms with Crippen LogP contribution in [0, 0.1) is 19.7 Å². The van der Waals surface area contributed by atoms with Crippen molar-refractivity contribution in [1.82, 2.24) is 9.97 Å². The Morgan fingerprint density at radius 2 is 1.67 bits per heavy atom. The molecule has 2 aromatic carbocycles. The van der Waals surface area contributed by atoms with Crippen LogP contribution in [-0.4, -0.2) is 16.0 Å². The highest BCUT2D eigenvalue weighted by Crippen LogP contribution is 2.37. The normalized spacial score (nSPS) is 10.6. The summed E-state index contributed by atoms with van der Waals surface area (Å²) in [6, 6.07) is 15.3. The van der Waals surface area contributed by atoms with Gasteiger partial charge in [0.15, 0.2) is 0 Å². The lowest BCUT2D eigenvalue weighted by molar-refractivity contribution is 0.262.